The average Bonchev–Trinajstić information content (AvgIpc) is 2.50. The van der Waals surface area contributed by atoms with E-state index in [2.05, 4.69) is 19.2 Å². The van der Waals surface area contributed by atoms with Crippen LogP contribution in [0.5, 0.6) is 0 Å². The summed E-state index contributed by atoms with van der Waals surface area (Å²) in [5.41, 5.74) is 0.422. The first-order valence-corrected chi connectivity index (χ1v) is 5.51. The van der Waals surface area contributed by atoms with Gasteiger partial charge in [-0.05, 0) is 18.3 Å². The molecule has 1 aliphatic carbocycles. The fraction of sp³-hybridized carbons (Fsp3) is 1.00. The zero-order valence-electron chi connectivity index (χ0n) is 8.20. The molecule has 1 nitrogen and oxygen atoms in total. The molecule has 0 heterocycles. The summed E-state index contributed by atoms with van der Waals surface area (Å²) in [5, 5.41) is 3.49. The van der Waals surface area contributed by atoms with E-state index in [1.807, 2.05) is 0 Å². The highest BCUT2D eigenvalue weighted by atomic mass is 35.5. The highest BCUT2D eigenvalue weighted by molar-refractivity contribution is 6.18. The second-order valence-electron chi connectivity index (χ2n) is 4.38. The first kappa shape index (κ1) is 10.3. The lowest BCUT2D eigenvalue weighted by Crippen LogP contribution is -2.37. The predicted molar refractivity (Wildman–Crippen MR) is 54.8 cm³/mol. The van der Waals surface area contributed by atoms with E-state index in [4.69, 9.17) is 11.6 Å². The van der Waals surface area contributed by atoms with Crippen LogP contribution in [0.2, 0.25) is 0 Å². The minimum atomic E-state index is 0.422. The monoisotopic (exact) mass is 189 g/mol. The lowest BCUT2D eigenvalue weighted by atomic mass is 9.88. The maximum Gasteiger partial charge on any atom is 0.0292 e. The summed E-state index contributed by atoms with van der Waals surface area (Å²) < 4.78 is 0. The summed E-state index contributed by atoms with van der Waals surface area (Å²) >= 11 is 6.01. The van der Waals surface area contributed by atoms with E-state index in [0.29, 0.717) is 11.5 Å². The number of nitrogens with one attached hydrogen (secondary N) is 1. The van der Waals surface area contributed by atoms with Crippen LogP contribution < -0.4 is 5.32 Å². The summed E-state index contributed by atoms with van der Waals surface area (Å²) in [7, 11) is 0. The molecule has 0 amide bonds. The van der Waals surface area contributed by atoms with Crippen molar-refractivity contribution in [3.05, 3.63) is 0 Å². The zero-order chi connectivity index (χ0) is 9.03. The topological polar surface area (TPSA) is 12.0 Å². The van der Waals surface area contributed by atoms with Crippen LogP contribution in [-0.4, -0.2) is 18.5 Å². The molecule has 0 aromatic carbocycles. The molecule has 12 heavy (non-hydrogen) atoms. The molecule has 1 aliphatic rings. The van der Waals surface area contributed by atoms with E-state index in [1.165, 1.54) is 25.7 Å². The van der Waals surface area contributed by atoms with Gasteiger partial charge in [-0.2, -0.15) is 0 Å². The minimum Gasteiger partial charge on any atom is -0.314 e. The van der Waals surface area contributed by atoms with Crippen LogP contribution in [-0.2, 0) is 0 Å². The lowest BCUT2D eigenvalue weighted by Gasteiger charge is -2.27. The van der Waals surface area contributed by atoms with Crippen LogP contribution in [0.15, 0.2) is 0 Å². The van der Waals surface area contributed by atoms with E-state index in [9.17, 15) is 0 Å². The normalized spacial score (nSPS) is 22.0. The maximum absolute atomic E-state index is 6.01. The van der Waals surface area contributed by atoms with Crippen LogP contribution in [0.3, 0.4) is 0 Å². The fourth-order valence-corrected chi connectivity index (χ4v) is 2.27. The van der Waals surface area contributed by atoms with Crippen molar-refractivity contribution in [1.29, 1.82) is 0 Å². The quantitative estimate of drug-likeness (QED) is 0.671. The van der Waals surface area contributed by atoms with E-state index < -0.39 is 0 Å². The molecule has 0 atom stereocenters. The van der Waals surface area contributed by atoms with Gasteiger partial charge in [-0.25, -0.2) is 0 Å². The summed E-state index contributed by atoms with van der Waals surface area (Å²) in [5.74, 6) is 0.826. The molecular weight excluding hydrogens is 170 g/mol. The molecule has 1 saturated carbocycles. The van der Waals surface area contributed by atoms with Gasteiger partial charge in [0.05, 0.1) is 0 Å². The van der Waals surface area contributed by atoms with Gasteiger partial charge >= 0.3 is 0 Å². The van der Waals surface area contributed by atoms with Crippen LogP contribution in [0.1, 0.15) is 39.5 Å². The molecular formula is C10H20ClN. The van der Waals surface area contributed by atoms with Crippen molar-refractivity contribution in [3.63, 3.8) is 0 Å². The smallest absolute Gasteiger partial charge is 0.0292 e. The molecule has 72 valence electrons. The van der Waals surface area contributed by atoms with Gasteiger partial charge in [-0.15, -0.1) is 11.6 Å². The van der Waals surface area contributed by atoms with Gasteiger partial charge in [-0.1, -0.05) is 26.7 Å². The molecule has 0 spiro atoms. The van der Waals surface area contributed by atoms with Gasteiger partial charge in [0.2, 0.25) is 0 Å². The molecule has 0 bridgehead atoms. The van der Waals surface area contributed by atoms with E-state index in [0.717, 1.165) is 12.4 Å². The van der Waals surface area contributed by atoms with Crippen LogP contribution in [0.4, 0.5) is 0 Å². The Hall–Kier alpha value is 0.250. The Kier molecular flexibility index (Phi) is 3.85. The Morgan fingerprint density at radius 1 is 1.33 bits per heavy atom. The van der Waals surface area contributed by atoms with Crippen molar-refractivity contribution in [1.82, 2.24) is 5.32 Å². The fourth-order valence-electron chi connectivity index (χ4n) is 1.90. The molecule has 1 rings (SSSR count). The van der Waals surface area contributed by atoms with Crippen LogP contribution in [0.25, 0.3) is 0 Å². The lowest BCUT2D eigenvalue weighted by molar-refractivity contribution is 0.310. The average molecular weight is 190 g/mol. The maximum atomic E-state index is 6.01. The van der Waals surface area contributed by atoms with Gasteiger partial charge in [0.15, 0.2) is 0 Å². The number of hydrogen-bond acceptors (Lipinski definition) is 1. The second-order valence-corrected chi connectivity index (χ2v) is 4.64. The second kappa shape index (κ2) is 4.48. The molecule has 0 aromatic heterocycles. The first-order chi connectivity index (χ1) is 5.68. The van der Waals surface area contributed by atoms with Crippen molar-refractivity contribution >= 4 is 11.6 Å². The van der Waals surface area contributed by atoms with Gasteiger partial charge in [0.1, 0.15) is 0 Å². The van der Waals surface area contributed by atoms with E-state index >= 15 is 0 Å². The molecule has 2 heteroatoms. The van der Waals surface area contributed by atoms with Crippen LogP contribution in [0, 0.1) is 5.41 Å². The number of alkyl halides is 1. The summed E-state index contributed by atoms with van der Waals surface area (Å²) in [6, 6.07) is 0.589. The molecule has 0 unspecified atom stereocenters. The number of hydrogen-bond donors (Lipinski definition) is 1. The van der Waals surface area contributed by atoms with Gasteiger partial charge in [0, 0.05) is 18.5 Å². The van der Waals surface area contributed by atoms with Crippen molar-refractivity contribution in [2.24, 2.45) is 5.41 Å². The number of rotatable bonds is 4. The first-order valence-electron chi connectivity index (χ1n) is 4.98. The molecule has 0 radical (unpaired) electrons. The van der Waals surface area contributed by atoms with Crippen molar-refractivity contribution in [3.8, 4) is 0 Å². The van der Waals surface area contributed by atoms with Gasteiger partial charge < -0.3 is 5.32 Å². The van der Waals surface area contributed by atoms with E-state index in [1.54, 1.807) is 0 Å². The minimum absolute atomic E-state index is 0.422. The van der Waals surface area contributed by atoms with Crippen molar-refractivity contribution in [2.75, 3.05) is 12.4 Å². The Balaban J connectivity index is 2.34. The van der Waals surface area contributed by atoms with Gasteiger partial charge in [0.25, 0.3) is 0 Å². The molecule has 0 saturated heterocycles. The van der Waals surface area contributed by atoms with E-state index in [-0.39, 0.29) is 0 Å². The molecule has 1 N–H and O–H groups in total. The SMILES string of the molecule is CC(C)NCC1(CCl)CCCC1. The largest absolute Gasteiger partial charge is 0.314 e. The third-order valence-electron chi connectivity index (χ3n) is 2.83. The predicted octanol–water partition coefficient (Wildman–Crippen LogP) is 2.78. The van der Waals surface area contributed by atoms with Crippen LogP contribution >= 0.6 is 11.6 Å². The van der Waals surface area contributed by atoms with Crippen molar-refractivity contribution in [2.45, 2.75) is 45.6 Å². The molecule has 0 aliphatic heterocycles. The number of halogens is 1. The third kappa shape index (κ3) is 2.63. The Morgan fingerprint density at radius 3 is 2.33 bits per heavy atom. The zero-order valence-corrected chi connectivity index (χ0v) is 8.95. The Morgan fingerprint density at radius 2 is 1.92 bits per heavy atom. The standard InChI is InChI=1S/C10H20ClN/c1-9(2)12-8-10(7-11)5-3-4-6-10/h9,12H,3-8H2,1-2H3. The van der Waals surface area contributed by atoms with Crippen molar-refractivity contribution < 1.29 is 0 Å². The Labute approximate surface area is 80.9 Å². The Bertz CT molecular complexity index is 128. The summed E-state index contributed by atoms with van der Waals surface area (Å²) in [6.45, 7) is 5.49. The highest BCUT2D eigenvalue weighted by Gasteiger charge is 2.32. The van der Waals surface area contributed by atoms with Gasteiger partial charge in [-0.3, -0.25) is 0 Å². The summed E-state index contributed by atoms with van der Waals surface area (Å²) in [6.07, 6.45) is 5.37. The molecule has 0 aromatic rings. The molecule has 1 fully saturated rings. The third-order valence-corrected chi connectivity index (χ3v) is 3.40. The summed E-state index contributed by atoms with van der Waals surface area (Å²) in [4.78, 5) is 0. The highest BCUT2D eigenvalue weighted by Crippen LogP contribution is 2.38.